The SMILES string of the molecule is C[C@@H](CC1(c2nc(=O)on2C)c2ccc(C(N)=O)cc2CCc2cc(C(N)=O)ccc21)NCC(=O)N1CCC[C@H]1C#N. The number of likely N-dealkylation sites (tertiary alicyclic amines) is 1. The maximum atomic E-state index is 13.0. The first-order chi connectivity index (χ1) is 20.0. The van der Waals surface area contributed by atoms with Gasteiger partial charge in [0.2, 0.25) is 17.7 Å². The zero-order valence-electron chi connectivity index (χ0n) is 23.6. The third-order valence-electron chi connectivity index (χ3n) is 8.39. The van der Waals surface area contributed by atoms with Crippen molar-refractivity contribution in [2.45, 2.75) is 56.5 Å². The number of hydrogen-bond donors (Lipinski definition) is 3. The molecule has 0 spiro atoms. The largest absolute Gasteiger partial charge is 0.459 e. The van der Waals surface area contributed by atoms with Crippen molar-refractivity contribution >= 4 is 17.7 Å². The lowest BCUT2D eigenvalue weighted by Gasteiger charge is -2.37. The number of primary amides is 2. The molecule has 5 rings (SSSR count). The fourth-order valence-corrected chi connectivity index (χ4v) is 6.50. The number of amides is 3. The van der Waals surface area contributed by atoms with Gasteiger partial charge in [-0.1, -0.05) is 12.1 Å². The smallest absolute Gasteiger partial charge is 0.366 e. The molecule has 42 heavy (non-hydrogen) atoms. The van der Waals surface area contributed by atoms with Crippen molar-refractivity contribution in [2.24, 2.45) is 18.5 Å². The summed E-state index contributed by atoms with van der Waals surface area (Å²) in [4.78, 5) is 55.6. The summed E-state index contributed by atoms with van der Waals surface area (Å²) < 4.78 is 6.69. The fourth-order valence-electron chi connectivity index (χ4n) is 6.50. The van der Waals surface area contributed by atoms with Gasteiger partial charge in [-0.15, -0.1) is 0 Å². The Morgan fingerprint density at radius 3 is 2.21 bits per heavy atom. The molecule has 1 aliphatic heterocycles. The average molecular weight is 572 g/mol. The van der Waals surface area contributed by atoms with E-state index in [1.807, 2.05) is 19.1 Å². The van der Waals surface area contributed by atoms with Gasteiger partial charge in [-0.3, -0.25) is 14.4 Å². The molecule has 0 bridgehead atoms. The second-order valence-corrected chi connectivity index (χ2v) is 11.0. The molecule has 2 heterocycles. The molecule has 0 saturated carbocycles. The minimum Gasteiger partial charge on any atom is -0.366 e. The lowest BCUT2D eigenvalue weighted by molar-refractivity contribution is -0.130. The molecule has 2 aromatic carbocycles. The van der Waals surface area contributed by atoms with E-state index in [0.717, 1.165) is 28.7 Å². The number of carbonyl (C=O) groups excluding carboxylic acids is 3. The monoisotopic (exact) mass is 571 g/mol. The maximum Gasteiger partial charge on any atom is 0.459 e. The first kappa shape index (κ1) is 28.8. The molecular formula is C30H33N7O5. The number of carbonyl (C=O) groups is 3. The van der Waals surface area contributed by atoms with Gasteiger partial charge < -0.3 is 26.2 Å². The lowest BCUT2D eigenvalue weighted by Crippen LogP contribution is -2.46. The van der Waals surface area contributed by atoms with E-state index in [-0.39, 0.29) is 18.5 Å². The van der Waals surface area contributed by atoms with Gasteiger partial charge in [0, 0.05) is 30.8 Å². The minimum absolute atomic E-state index is 0.0219. The van der Waals surface area contributed by atoms with E-state index in [1.54, 1.807) is 36.2 Å². The van der Waals surface area contributed by atoms with Crippen LogP contribution in [0.1, 0.15) is 75.0 Å². The summed E-state index contributed by atoms with van der Waals surface area (Å²) in [5.41, 5.74) is 14.1. The van der Waals surface area contributed by atoms with Crippen molar-refractivity contribution in [3.63, 3.8) is 0 Å². The van der Waals surface area contributed by atoms with Crippen molar-refractivity contribution in [1.29, 1.82) is 5.26 Å². The molecule has 1 aromatic heterocycles. The Balaban J connectivity index is 1.65. The molecule has 5 N–H and O–H groups in total. The van der Waals surface area contributed by atoms with E-state index in [0.29, 0.717) is 49.2 Å². The normalized spacial score (nSPS) is 17.9. The fraction of sp³-hybridized carbons (Fsp3) is 0.400. The van der Waals surface area contributed by atoms with Crippen LogP contribution in [0.25, 0.3) is 0 Å². The molecular weight excluding hydrogens is 538 g/mol. The van der Waals surface area contributed by atoms with Crippen LogP contribution in [0.5, 0.6) is 0 Å². The number of aryl methyl sites for hydroxylation is 3. The van der Waals surface area contributed by atoms with Crippen molar-refractivity contribution in [3.05, 3.63) is 86.2 Å². The van der Waals surface area contributed by atoms with Gasteiger partial charge in [0.1, 0.15) is 6.04 Å². The topological polar surface area (TPSA) is 190 Å². The highest BCUT2D eigenvalue weighted by Gasteiger charge is 2.46. The number of nitrogens with two attached hydrogens (primary N) is 2. The van der Waals surface area contributed by atoms with Crippen molar-refractivity contribution in [2.75, 3.05) is 13.1 Å². The molecule has 2 atom stereocenters. The number of nitrogens with one attached hydrogen (secondary N) is 1. The Labute approximate surface area is 242 Å². The van der Waals surface area contributed by atoms with Crippen LogP contribution in [-0.4, -0.2) is 57.5 Å². The van der Waals surface area contributed by atoms with Gasteiger partial charge in [0.15, 0.2) is 5.82 Å². The Morgan fingerprint density at radius 2 is 1.71 bits per heavy atom. The standard InChI is InChI=1S/C30H33N7O5/c1-17(34-16-25(38)37-11-3-4-22(37)15-31)14-30(28-35-29(41)42-36(28)2)23-9-7-20(26(32)39)12-18(23)5-6-19-13-21(27(33)40)8-10-24(19)30/h7-10,12-13,17,22,34H,3-6,11,14,16H2,1-2H3,(H2,32,39)(H2,33,40)/t17-,22-/m0/s1. The highest BCUT2D eigenvalue weighted by atomic mass is 16.5. The molecule has 3 amide bonds. The van der Waals surface area contributed by atoms with Crippen molar-refractivity contribution in [1.82, 2.24) is 19.9 Å². The third kappa shape index (κ3) is 5.07. The molecule has 0 unspecified atom stereocenters. The molecule has 1 aliphatic carbocycles. The molecule has 3 aromatic rings. The number of fused-ring (bicyclic) bond motifs is 2. The molecule has 1 fully saturated rings. The van der Waals surface area contributed by atoms with Crippen LogP contribution in [0, 0.1) is 11.3 Å². The summed E-state index contributed by atoms with van der Waals surface area (Å²) in [6, 6.07) is 11.9. The maximum absolute atomic E-state index is 13.0. The van der Waals surface area contributed by atoms with Gasteiger partial charge in [-0.2, -0.15) is 15.0 Å². The van der Waals surface area contributed by atoms with Gasteiger partial charge in [-0.25, -0.2) is 4.79 Å². The number of hydrogen-bond acceptors (Lipinski definition) is 8. The van der Waals surface area contributed by atoms with Gasteiger partial charge in [-0.05, 0) is 85.5 Å². The van der Waals surface area contributed by atoms with Crippen LogP contribution in [0.3, 0.4) is 0 Å². The first-order valence-electron chi connectivity index (χ1n) is 13.9. The van der Waals surface area contributed by atoms with Gasteiger partial charge in [0.25, 0.3) is 0 Å². The summed E-state index contributed by atoms with van der Waals surface area (Å²) in [5, 5.41) is 12.7. The van der Waals surface area contributed by atoms with Crippen LogP contribution in [0.4, 0.5) is 0 Å². The van der Waals surface area contributed by atoms with Crippen molar-refractivity contribution in [3.8, 4) is 6.07 Å². The van der Waals surface area contributed by atoms with Crippen LogP contribution in [-0.2, 0) is 30.1 Å². The summed E-state index contributed by atoms with van der Waals surface area (Å²) in [7, 11) is 1.60. The number of nitriles is 1. The highest BCUT2D eigenvalue weighted by molar-refractivity contribution is 5.94. The van der Waals surface area contributed by atoms with E-state index < -0.39 is 29.0 Å². The molecule has 0 radical (unpaired) electrons. The quantitative estimate of drug-likeness (QED) is 0.355. The van der Waals surface area contributed by atoms with Gasteiger partial charge >= 0.3 is 5.76 Å². The Kier molecular flexibility index (Phi) is 7.71. The van der Waals surface area contributed by atoms with E-state index >= 15 is 0 Å². The molecule has 12 heteroatoms. The lowest BCUT2D eigenvalue weighted by atomic mass is 9.67. The number of benzene rings is 2. The number of nitrogens with zero attached hydrogens (tertiary/aromatic N) is 4. The number of rotatable bonds is 8. The second-order valence-electron chi connectivity index (χ2n) is 11.0. The summed E-state index contributed by atoms with van der Waals surface area (Å²) in [6.45, 7) is 2.50. The van der Waals surface area contributed by atoms with E-state index in [2.05, 4.69) is 16.4 Å². The van der Waals surface area contributed by atoms with E-state index in [1.165, 1.54) is 4.74 Å². The predicted octanol–water partition coefficient (Wildman–Crippen LogP) is 0.887. The highest BCUT2D eigenvalue weighted by Crippen LogP contribution is 2.47. The molecule has 1 saturated heterocycles. The average Bonchev–Trinajstić information content (AvgIpc) is 3.55. The Hall–Kier alpha value is -4.76. The van der Waals surface area contributed by atoms with E-state index in [4.69, 9.17) is 16.0 Å². The summed E-state index contributed by atoms with van der Waals surface area (Å²) >= 11 is 0. The van der Waals surface area contributed by atoms with E-state index in [9.17, 15) is 24.4 Å². The van der Waals surface area contributed by atoms with Crippen LogP contribution >= 0.6 is 0 Å². The predicted molar refractivity (Wildman–Crippen MR) is 151 cm³/mol. The second kappa shape index (κ2) is 11.3. The Bertz CT molecular complexity index is 1600. The van der Waals surface area contributed by atoms with Crippen molar-refractivity contribution < 1.29 is 18.9 Å². The summed E-state index contributed by atoms with van der Waals surface area (Å²) in [6.07, 6.45) is 2.81. The first-order valence-corrected chi connectivity index (χ1v) is 13.9. The third-order valence-corrected chi connectivity index (χ3v) is 8.39. The molecule has 2 aliphatic rings. The van der Waals surface area contributed by atoms with Crippen LogP contribution < -0.4 is 22.5 Å². The molecule has 12 nitrogen and oxygen atoms in total. The zero-order valence-corrected chi connectivity index (χ0v) is 23.6. The molecule has 218 valence electrons. The number of aromatic nitrogens is 2. The summed E-state index contributed by atoms with van der Waals surface area (Å²) in [5.74, 6) is -1.73. The Morgan fingerprint density at radius 1 is 1.12 bits per heavy atom. The van der Waals surface area contributed by atoms with Crippen LogP contribution in [0.2, 0.25) is 0 Å². The minimum atomic E-state index is -1.09. The zero-order chi connectivity index (χ0) is 30.2. The van der Waals surface area contributed by atoms with Gasteiger partial charge in [0.05, 0.1) is 18.0 Å². The van der Waals surface area contributed by atoms with Crippen LogP contribution in [0.15, 0.2) is 45.7 Å².